The van der Waals surface area contributed by atoms with Crippen molar-refractivity contribution in [1.29, 1.82) is 0 Å². The summed E-state index contributed by atoms with van der Waals surface area (Å²) < 4.78 is 5.51. The average molecular weight is 412 g/mol. The topological polar surface area (TPSA) is 91.4 Å². The van der Waals surface area contributed by atoms with Crippen molar-refractivity contribution in [1.82, 2.24) is 10.3 Å². The molecule has 1 aliphatic rings. The number of para-hydroxylation sites is 1. The van der Waals surface area contributed by atoms with Gasteiger partial charge in [0, 0.05) is 28.6 Å². The van der Waals surface area contributed by atoms with E-state index in [-0.39, 0.29) is 12.5 Å². The molecule has 0 aliphatic heterocycles. The summed E-state index contributed by atoms with van der Waals surface area (Å²) in [5, 5.41) is 13.0. The summed E-state index contributed by atoms with van der Waals surface area (Å²) in [6.45, 7) is 0.125. The molecular formula is C25H20N2O4. The third-order valence-corrected chi connectivity index (χ3v) is 5.79. The molecule has 1 aromatic heterocycles. The number of carbonyl (C=O) groups is 2. The molecule has 154 valence electrons. The minimum atomic E-state index is -1.22. The van der Waals surface area contributed by atoms with Crippen molar-refractivity contribution in [2.24, 2.45) is 0 Å². The number of amides is 1. The molecule has 5 rings (SSSR count). The number of fused-ring (bicyclic) bond motifs is 4. The van der Waals surface area contributed by atoms with Gasteiger partial charge in [0.2, 0.25) is 0 Å². The second-order valence-electron chi connectivity index (χ2n) is 7.53. The van der Waals surface area contributed by atoms with Crippen LogP contribution in [0.4, 0.5) is 4.79 Å². The number of rotatable bonds is 5. The van der Waals surface area contributed by atoms with Crippen LogP contribution in [0.3, 0.4) is 0 Å². The summed E-state index contributed by atoms with van der Waals surface area (Å²) in [5.41, 5.74) is 5.75. The summed E-state index contributed by atoms with van der Waals surface area (Å²) >= 11 is 0. The molecule has 0 saturated heterocycles. The molecule has 6 heteroatoms. The maximum absolute atomic E-state index is 12.6. The molecule has 1 amide bonds. The van der Waals surface area contributed by atoms with Gasteiger partial charge in [-0.1, -0.05) is 66.7 Å². The fourth-order valence-corrected chi connectivity index (χ4v) is 4.36. The van der Waals surface area contributed by atoms with Gasteiger partial charge in [-0.2, -0.15) is 0 Å². The van der Waals surface area contributed by atoms with Crippen LogP contribution in [0.5, 0.6) is 0 Å². The lowest BCUT2D eigenvalue weighted by Gasteiger charge is -2.17. The van der Waals surface area contributed by atoms with Gasteiger partial charge in [0.05, 0.1) is 0 Å². The van der Waals surface area contributed by atoms with Crippen LogP contribution in [0, 0.1) is 0 Å². The Morgan fingerprint density at radius 3 is 2.23 bits per heavy atom. The third kappa shape index (κ3) is 3.32. The van der Waals surface area contributed by atoms with Gasteiger partial charge in [0.25, 0.3) is 0 Å². The number of alkyl carbamates (subject to hydrolysis) is 1. The molecule has 1 atom stereocenters. The van der Waals surface area contributed by atoms with E-state index in [4.69, 9.17) is 4.74 Å². The highest BCUT2D eigenvalue weighted by Gasteiger charge is 2.30. The Balaban J connectivity index is 1.34. The molecule has 1 aliphatic carbocycles. The molecule has 0 radical (unpaired) electrons. The van der Waals surface area contributed by atoms with Crippen LogP contribution in [-0.2, 0) is 9.53 Å². The Labute approximate surface area is 178 Å². The lowest BCUT2D eigenvalue weighted by Crippen LogP contribution is -2.34. The van der Waals surface area contributed by atoms with Crippen LogP contribution in [-0.4, -0.2) is 28.8 Å². The predicted octanol–water partition coefficient (Wildman–Crippen LogP) is 4.83. The lowest BCUT2D eigenvalue weighted by atomic mass is 9.98. The van der Waals surface area contributed by atoms with Crippen molar-refractivity contribution in [3.05, 3.63) is 95.7 Å². The SMILES string of the molecule is O=C(N[C@@H](C(=O)O)c1c[nH]c2ccccc12)OCC1c2ccccc2-c2ccccc21. The van der Waals surface area contributed by atoms with Crippen LogP contribution >= 0.6 is 0 Å². The first kappa shape index (κ1) is 18.9. The van der Waals surface area contributed by atoms with E-state index < -0.39 is 18.1 Å². The molecule has 0 fully saturated rings. The fraction of sp³-hybridized carbons (Fsp3) is 0.120. The van der Waals surface area contributed by atoms with Crippen molar-refractivity contribution < 1.29 is 19.4 Å². The zero-order valence-corrected chi connectivity index (χ0v) is 16.5. The molecule has 1 heterocycles. The monoisotopic (exact) mass is 412 g/mol. The molecule has 0 saturated carbocycles. The van der Waals surface area contributed by atoms with E-state index in [9.17, 15) is 14.7 Å². The highest BCUT2D eigenvalue weighted by atomic mass is 16.5. The van der Waals surface area contributed by atoms with Crippen LogP contribution in [0.25, 0.3) is 22.0 Å². The number of H-pyrrole nitrogens is 1. The minimum absolute atomic E-state index is 0.0884. The molecular weight excluding hydrogens is 392 g/mol. The zero-order chi connectivity index (χ0) is 21.4. The van der Waals surface area contributed by atoms with Crippen LogP contribution in [0.2, 0.25) is 0 Å². The number of carbonyl (C=O) groups excluding carboxylic acids is 1. The van der Waals surface area contributed by atoms with Gasteiger partial charge in [0.15, 0.2) is 6.04 Å². The molecule has 4 aromatic rings. The fourth-order valence-electron chi connectivity index (χ4n) is 4.36. The van der Waals surface area contributed by atoms with Crippen LogP contribution in [0.15, 0.2) is 79.0 Å². The molecule has 0 bridgehead atoms. The van der Waals surface area contributed by atoms with Crippen molar-refractivity contribution in [2.75, 3.05) is 6.61 Å². The number of carboxylic acid groups (broad SMARTS) is 1. The summed E-state index contributed by atoms with van der Waals surface area (Å²) in [4.78, 5) is 27.5. The Morgan fingerprint density at radius 2 is 1.55 bits per heavy atom. The Hall–Kier alpha value is -4.06. The van der Waals surface area contributed by atoms with Crippen LogP contribution < -0.4 is 5.32 Å². The molecule has 3 aromatic carbocycles. The van der Waals surface area contributed by atoms with E-state index in [1.807, 2.05) is 60.7 Å². The largest absolute Gasteiger partial charge is 0.479 e. The summed E-state index contributed by atoms with van der Waals surface area (Å²) in [6.07, 6.45) is 0.840. The van der Waals surface area contributed by atoms with E-state index in [1.54, 1.807) is 6.20 Å². The quantitative estimate of drug-likeness (QED) is 0.438. The maximum atomic E-state index is 12.6. The second kappa shape index (κ2) is 7.65. The van der Waals surface area contributed by atoms with Crippen molar-refractivity contribution in [3.63, 3.8) is 0 Å². The second-order valence-corrected chi connectivity index (χ2v) is 7.53. The van der Waals surface area contributed by atoms with Gasteiger partial charge in [-0.3, -0.25) is 0 Å². The standard InChI is InChI=1S/C25H20N2O4/c28-24(29)23(20-13-26-22-12-6-5-11-19(20)22)27-25(30)31-14-21-17-9-3-1-7-15(17)16-8-2-4-10-18(16)21/h1-13,21,23,26H,14H2,(H,27,30)(H,28,29)/t23-/m1/s1. The van der Waals surface area contributed by atoms with Crippen LogP contribution in [0.1, 0.15) is 28.7 Å². The number of hydrogen-bond donors (Lipinski definition) is 3. The Kier molecular flexibility index (Phi) is 4.67. The van der Waals surface area contributed by atoms with Gasteiger partial charge in [-0.25, -0.2) is 9.59 Å². The van der Waals surface area contributed by atoms with Gasteiger partial charge in [-0.05, 0) is 28.3 Å². The molecule has 3 N–H and O–H groups in total. The zero-order valence-electron chi connectivity index (χ0n) is 16.5. The summed E-state index contributed by atoms with van der Waals surface area (Å²) in [7, 11) is 0. The number of hydrogen-bond acceptors (Lipinski definition) is 3. The minimum Gasteiger partial charge on any atom is -0.479 e. The number of ether oxygens (including phenoxy) is 1. The van der Waals surface area contributed by atoms with Gasteiger partial charge < -0.3 is 20.1 Å². The van der Waals surface area contributed by atoms with Crippen molar-refractivity contribution >= 4 is 23.0 Å². The lowest BCUT2D eigenvalue weighted by molar-refractivity contribution is -0.139. The van der Waals surface area contributed by atoms with Crippen molar-refractivity contribution in [3.8, 4) is 11.1 Å². The number of aromatic amines is 1. The summed E-state index contributed by atoms with van der Waals surface area (Å²) in [5.74, 6) is -1.24. The number of benzene rings is 3. The molecule has 0 spiro atoms. The first-order valence-corrected chi connectivity index (χ1v) is 10.0. The van der Waals surface area contributed by atoms with E-state index in [0.29, 0.717) is 5.56 Å². The van der Waals surface area contributed by atoms with Gasteiger partial charge in [0.1, 0.15) is 6.61 Å². The van der Waals surface area contributed by atoms with E-state index >= 15 is 0 Å². The normalized spacial score (nSPS) is 13.4. The van der Waals surface area contributed by atoms with E-state index in [1.165, 1.54) is 0 Å². The number of aromatic nitrogens is 1. The van der Waals surface area contributed by atoms with Gasteiger partial charge in [-0.15, -0.1) is 0 Å². The van der Waals surface area contributed by atoms with E-state index in [0.717, 1.165) is 33.2 Å². The Bertz CT molecular complexity index is 1250. The number of carboxylic acids is 1. The molecule has 31 heavy (non-hydrogen) atoms. The smallest absolute Gasteiger partial charge is 0.408 e. The highest BCUT2D eigenvalue weighted by Crippen LogP contribution is 2.44. The average Bonchev–Trinajstić information content (AvgIpc) is 3.35. The summed E-state index contributed by atoms with van der Waals surface area (Å²) in [6, 6.07) is 22.2. The third-order valence-electron chi connectivity index (χ3n) is 5.79. The molecule has 6 nitrogen and oxygen atoms in total. The maximum Gasteiger partial charge on any atom is 0.408 e. The molecule has 0 unspecified atom stereocenters. The highest BCUT2D eigenvalue weighted by molar-refractivity contribution is 5.91. The van der Waals surface area contributed by atoms with Gasteiger partial charge >= 0.3 is 12.1 Å². The first-order chi connectivity index (χ1) is 15.1. The number of nitrogens with one attached hydrogen (secondary N) is 2. The number of aliphatic carboxylic acids is 1. The van der Waals surface area contributed by atoms with E-state index in [2.05, 4.69) is 22.4 Å². The Morgan fingerprint density at radius 1 is 0.935 bits per heavy atom. The first-order valence-electron chi connectivity index (χ1n) is 10.0. The van der Waals surface area contributed by atoms with Crippen molar-refractivity contribution in [2.45, 2.75) is 12.0 Å². The predicted molar refractivity (Wildman–Crippen MR) is 117 cm³/mol.